The minimum Gasteiger partial charge on any atom is -0.463 e. The molecule has 0 aromatic carbocycles. The summed E-state index contributed by atoms with van der Waals surface area (Å²) in [6.45, 7) is 13.2. The minimum atomic E-state index is -0.125. The third kappa shape index (κ3) is 4.11. The van der Waals surface area contributed by atoms with Gasteiger partial charge in [-0.1, -0.05) is 46.3 Å². The van der Waals surface area contributed by atoms with Crippen LogP contribution in [-0.4, -0.2) is 17.9 Å². The maximum atomic E-state index is 12.2. The van der Waals surface area contributed by atoms with E-state index in [2.05, 4.69) is 26.8 Å². The zero-order valence-electron chi connectivity index (χ0n) is 21.4. The second kappa shape index (κ2) is 8.91. The Bertz CT molecular complexity index is 766. The van der Waals surface area contributed by atoms with Gasteiger partial charge in [-0.05, 0) is 98.2 Å². The number of carbonyl (C=O) groups excluding carboxylic acids is 2. The molecule has 8 atom stereocenters. The van der Waals surface area contributed by atoms with Gasteiger partial charge in [0.05, 0.1) is 0 Å². The lowest BCUT2D eigenvalue weighted by atomic mass is 9.47. The van der Waals surface area contributed by atoms with Crippen molar-refractivity contribution in [3.05, 3.63) is 11.6 Å². The van der Waals surface area contributed by atoms with E-state index in [0.717, 1.165) is 43.9 Å². The Balaban J connectivity index is 1.48. The molecule has 0 spiro atoms. The number of rotatable bonds is 6. The van der Waals surface area contributed by atoms with Crippen molar-refractivity contribution >= 4 is 11.8 Å². The number of ether oxygens (including phenoxy) is 1. The summed E-state index contributed by atoms with van der Waals surface area (Å²) >= 11 is 0. The highest BCUT2D eigenvalue weighted by Crippen LogP contribution is 2.67. The molecule has 3 heteroatoms. The highest BCUT2D eigenvalue weighted by molar-refractivity contribution is 5.80. The fourth-order valence-electron chi connectivity index (χ4n) is 8.65. The minimum absolute atomic E-state index is 0.125. The maximum absolute atomic E-state index is 12.2. The van der Waals surface area contributed by atoms with Gasteiger partial charge in [-0.3, -0.25) is 9.59 Å². The lowest BCUT2D eigenvalue weighted by Gasteiger charge is -2.58. The second-order valence-corrected chi connectivity index (χ2v) is 12.6. The van der Waals surface area contributed by atoms with E-state index in [9.17, 15) is 9.59 Å². The van der Waals surface area contributed by atoms with Crippen LogP contribution in [0.1, 0.15) is 106 Å². The van der Waals surface area contributed by atoms with Crippen molar-refractivity contribution in [1.82, 2.24) is 0 Å². The van der Waals surface area contributed by atoms with Crippen molar-refractivity contribution in [2.24, 2.45) is 46.3 Å². The molecule has 0 aromatic heterocycles. The smallest absolute Gasteiger partial charge is 0.302 e. The zero-order chi connectivity index (χ0) is 23.3. The van der Waals surface area contributed by atoms with E-state index in [4.69, 9.17) is 4.74 Å². The van der Waals surface area contributed by atoms with Gasteiger partial charge in [0, 0.05) is 19.3 Å². The summed E-state index contributed by atoms with van der Waals surface area (Å²) in [5, 5.41) is 0. The Hall–Kier alpha value is -1.12. The lowest BCUT2D eigenvalue weighted by Crippen LogP contribution is -2.50. The number of hydrogen-bond acceptors (Lipinski definition) is 3. The Labute approximate surface area is 196 Å². The molecule has 0 heterocycles. The number of fused-ring (bicyclic) bond motifs is 5. The van der Waals surface area contributed by atoms with Crippen LogP contribution in [0, 0.1) is 46.3 Å². The molecule has 0 aliphatic heterocycles. The first-order chi connectivity index (χ1) is 15.1. The molecular formula is C29H46O3. The van der Waals surface area contributed by atoms with E-state index in [1.807, 2.05) is 13.8 Å². The zero-order valence-corrected chi connectivity index (χ0v) is 21.4. The quantitative estimate of drug-likeness (QED) is 0.324. The molecule has 3 nitrogen and oxygen atoms in total. The molecule has 0 N–H and O–H groups in total. The van der Waals surface area contributed by atoms with E-state index >= 15 is 0 Å². The van der Waals surface area contributed by atoms with Gasteiger partial charge >= 0.3 is 5.97 Å². The molecule has 180 valence electrons. The summed E-state index contributed by atoms with van der Waals surface area (Å²) in [4.78, 5) is 23.7. The van der Waals surface area contributed by atoms with Crippen molar-refractivity contribution < 1.29 is 14.3 Å². The van der Waals surface area contributed by atoms with Gasteiger partial charge in [0.1, 0.15) is 11.9 Å². The highest BCUT2D eigenvalue weighted by atomic mass is 16.5. The Morgan fingerprint density at radius 1 is 1.03 bits per heavy atom. The van der Waals surface area contributed by atoms with Crippen molar-refractivity contribution in [2.45, 2.75) is 112 Å². The summed E-state index contributed by atoms with van der Waals surface area (Å²) in [7, 11) is 0. The standard InChI is InChI=1S/C29H46O3/c1-18(2)27(31)12-7-19(3)24-10-11-25-23-9-8-21-17-22(32-20(4)30)13-15-28(21,5)26(23)14-16-29(24,25)6/h9,18-19,21-22,24-26H,7-8,10-17H2,1-6H3. The first kappa shape index (κ1) is 24.0. The van der Waals surface area contributed by atoms with Gasteiger partial charge < -0.3 is 4.74 Å². The van der Waals surface area contributed by atoms with Gasteiger partial charge in [-0.2, -0.15) is 0 Å². The molecule has 4 aliphatic carbocycles. The van der Waals surface area contributed by atoms with Gasteiger partial charge in [-0.15, -0.1) is 0 Å². The van der Waals surface area contributed by atoms with E-state index in [0.29, 0.717) is 34.4 Å². The molecule has 0 bridgehead atoms. The van der Waals surface area contributed by atoms with Crippen LogP contribution in [0.3, 0.4) is 0 Å². The largest absolute Gasteiger partial charge is 0.463 e. The molecule has 8 unspecified atom stereocenters. The molecule has 0 amide bonds. The Morgan fingerprint density at radius 3 is 2.41 bits per heavy atom. The number of carbonyl (C=O) groups is 2. The molecule has 0 saturated heterocycles. The summed E-state index contributed by atoms with van der Waals surface area (Å²) in [6, 6.07) is 0. The molecule has 4 aliphatic rings. The Morgan fingerprint density at radius 2 is 1.72 bits per heavy atom. The highest BCUT2D eigenvalue weighted by Gasteiger charge is 2.58. The SMILES string of the molecule is CC(=O)OC1CCC2(C)C(CC=C3C2CCC2(C)C3CCC2C(C)CCC(=O)C(C)C)C1. The summed E-state index contributed by atoms with van der Waals surface area (Å²) in [6.07, 6.45) is 14.3. The van der Waals surface area contributed by atoms with Crippen LogP contribution < -0.4 is 0 Å². The van der Waals surface area contributed by atoms with Gasteiger partial charge in [-0.25, -0.2) is 0 Å². The molecule has 0 aromatic rings. The first-order valence-corrected chi connectivity index (χ1v) is 13.5. The predicted octanol–water partition coefficient (Wildman–Crippen LogP) is 7.14. The van der Waals surface area contributed by atoms with Crippen molar-refractivity contribution in [1.29, 1.82) is 0 Å². The monoisotopic (exact) mass is 442 g/mol. The molecule has 3 saturated carbocycles. The number of hydrogen-bond donors (Lipinski definition) is 0. The summed E-state index contributed by atoms with van der Waals surface area (Å²) in [5.41, 5.74) is 2.56. The van der Waals surface area contributed by atoms with E-state index in [1.54, 1.807) is 12.5 Å². The van der Waals surface area contributed by atoms with E-state index in [1.165, 1.54) is 32.1 Å². The molecule has 3 fully saturated rings. The summed E-state index contributed by atoms with van der Waals surface area (Å²) in [5.74, 6) is 3.96. The lowest BCUT2D eigenvalue weighted by molar-refractivity contribution is -0.152. The molecule has 4 rings (SSSR count). The van der Waals surface area contributed by atoms with Crippen LogP contribution in [0.5, 0.6) is 0 Å². The molecular weight excluding hydrogens is 396 g/mol. The summed E-state index contributed by atoms with van der Waals surface area (Å²) < 4.78 is 5.62. The average molecular weight is 443 g/mol. The molecule has 32 heavy (non-hydrogen) atoms. The number of allylic oxidation sites excluding steroid dienone is 2. The van der Waals surface area contributed by atoms with Crippen molar-refractivity contribution in [2.75, 3.05) is 0 Å². The van der Waals surface area contributed by atoms with Crippen molar-refractivity contribution in [3.63, 3.8) is 0 Å². The fourth-order valence-corrected chi connectivity index (χ4v) is 8.65. The van der Waals surface area contributed by atoms with E-state index in [-0.39, 0.29) is 18.0 Å². The van der Waals surface area contributed by atoms with Crippen molar-refractivity contribution in [3.8, 4) is 0 Å². The predicted molar refractivity (Wildman–Crippen MR) is 129 cm³/mol. The van der Waals surface area contributed by atoms with Gasteiger partial charge in [0.2, 0.25) is 0 Å². The van der Waals surface area contributed by atoms with Crippen LogP contribution in [-0.2, 0) is 14.3 Å². The van der Waals surface area contributed by atoms with Crippen LogP contribution in [0.15, 0.2) is 11.6 Å². The van der Waals surface area contributed by atoms with Crippen LogP contribution in [0.25, 0.3) is 0 Å². The number of Topliss-reactive ketones (excluding diaryl/α,β-unsaturated/α-hetero) is 1. The Kier molecular flexibility index (Phi) is 6.69. The number of ketones is 1. The topological polar surface area (TPSA) is 43.4 Å². The van der Waals surface area contributed by atoms with Gasteiger partial charge in [0.25, 0.3) is 0 Å². The van der Waals surface area contributed by atoms with Gasteiger partial charge in [0.15, 0.2) is 0 Å². The first-order valence-electron chi connectivity index (χ1n) is 13.5. The fraction of sp³-hybridized carbons (Fsp3) is 0.862. The van der Waals surface area contributed by atoms with Crippen LogP contribution in [0.4, 0.5) is 0 Å². The average Bonchev–Trinajstić information content (AvgIpc) is 3.08. The van der Waals surface area contributed by atoms with E-state index < -0.39 is 0 Å². The normalized spacial score (nSPS) is 41.8. The number of esters is 1. The maximum Gasteiger partial charge on any atom is 0.302 e. The second-order valence-electron chi connectivity index (χ2n) is 12.6. The molecule has 0 radical (unpaired) electrons. The van der Waals surface area contributed by atoms with Crippen LogP contribution >= 0.6 is 0 Å². The van der Waals surface area contributed by atoms with Crippen LogP contribution in [0.2, 0.25) is 0 Å². The third-order valence-electron chi connectivity index (χ3n) is 10.6. The third-order valence-corrected chi connectivity index (χ3v) is 10.6.